The van der Waals surface area contributed by atoms with Crippen molar-refractivity contribution in [1.82, 2.24) is 5.32 Å². The summed E-state index contributed by atoms with van der Waals surface area (Å²) in [5.41, 5.74) is 1.16. The smallest absolute Gasteiger partial charge is 0.233 e. The van der Waals surface area contributed by atoms with Crippen LogP contribution in [-0.4, -0.2) is 29.2 Å². The molecule has 18 heavy (non-hydrogen) atoms. The number of benzene rings is 1. The zero-order valence-corrected chi connectivity index (χ0v) is 12.1. The lowest BCUT2D eigenvalue weighted by atomic mass is 10.1. The maximum Gasteiger partial charge on any atom is 0.233 e. The molecule has 1 saturated heterocycles. The van der Waals surface area contributed by atoms with E-state index in [0.717, 1.165) is 12.1 Å². The van der Waals surface area contributed by atoms with Gasteiger partial charge in [-0.1, -0.05) is 30.3 Å². The maximum absolute atomic E-state index is 11.9. The molecule has 98 valence electrons. The zero-order chi connectivity index (χ0) is 12.8. The van der Waals surface area contributed by atoms with Gasteiger partial charge < -0.3 is 5.32 Å². The summed E-state index contributed by atoms with van der Waals surface area (Å²) in [6.45, 7) is 0.803. The van der Waals surface area contributed by atoms with Crippen LogP contribution in [0.3, 0.4) is 0 Å². The Balaban J connectivity index is 1.74. The highest BCUT2D eigenvalue weighted by molar-refractivity contribution is 7.99. The topological polar surface area (TPSA) is 29.1 Å². The Morgan fingerprint density at radius 1 is 1.44 bits per heavy atom. The van der Waals surface area contributed by atoms with E-state index < -0.39 is 0 Å². The normalized spacial score (nSPS) is 20.6. The van der Waals surface area contributed by atoms with E-state index in [0.29, 0.717) is 12.3 Å². The largest absolute Gasteiger partial charge is 0.355 e. The molecule has 2 atom stereocenters. The number of carbonyl (C=O) groups is 1. The molecule has 0 aliphatic carbocycles. The van der Waals surface area contributed by atoms with E-state index in [2.05, 4.69) is 17.9 Å². The highest BCUT2D eigenvalue weighted by Crippen LogP contribution is 2.22. The third-order valence-corrected chi connectivity index (χ3v) is 4.81. The third-order valence-electron chi connectivity index (χ3n) is 3.16. The second-order valence-corrected chi connectivity index (χ2v) is 6.45. The fraction of sp³-hybridized carbons (Fsp3) is 0.500. The summed E-state index contributed by atoms with van der Waals surface area (Å²) >= 11 is 6.37. The predicted octanol–water partition coefficient (Wildman–Crippen LogP) is 2.40. The second kappa shape index (κ2) is 7.10. The van der Waals surface area contributed by atoms with E-state index in [1.165, 1.54) is 17.9 Å². The Kier molecular flexibility index (Phi) is 5.45. The highest BCUT2D eigenvalue weighted by Gasteiger charge is 2.19. The molecule has 2 rings (SSSR count). The molecule has 4 heteroatoms. The van der Waals surface area contributed by atoms with Gasteiger partial charge in [0.25, 0.3) is 0 Å². The van der Waals surface area contributed by atoms with Gasteiger partial charge in [-0.3, -0.25) is 4.79 Å². The first-order valence-electron chi connectivity index (χ1n) is 6.33. The molecule has 0 aromatic heterocycles. The van der Waals surface area contributed by atoms with Crippen molar-refractivity contribution < 1.29 is 4.79 Å². The minimum atomic E-state index is -0.249. The number of thioether (sulfide) groups is 1. The number of hydrogen-bond acceptors (Lipinski definition) is 3. The number of hydrogen-bond donors (Lipinski definition) is 2. The van der Waals surface area contributed by atoms with Gasteiger partial charge in [0.05, 0.1) is 5.25 Å². The van der Waals surface area contributed by atoms with Crippen LogP contribution in [0.5, 0.6) is 0 Å². The molecule has 0 saturated carbocycles. The number of carbonyl (C=O) groups excluding carboxylic acids is 1. The summed E-state index contributed by atoms with van der Waals surface area (Å²) in [6.07, 6.45) is 1.91. The molecule has 1 N–H and O–H groups in total. The van der Waals surface area contributed by atoms with Crippen LogP contribution in [0.2, 0.25) is 0 Å². The quantitative estimate of drug-likeness (QED) is 0.812. The fourth-order valence-corrected chi connectivity index (χ4v) is 3.62. The number of nitrogens with one attached hydrogen (secondary N) is 1. The van der Waals surface area contributed by atoms with E-state index in [1.807, 2.05) is 42.1 Å². The summed E-state index contributed by atoms with van der Waals surface area (Å²) in [7, 11) is 0. The Morgan fingerprint density at radius 3 is 2.89 bits per heavy atom. The van der Waals surface area contributed by atoms with E-state index in [4.69, 9.17) is 0 Å². The minimum absolute atomic E-state index is 0.0547. The maximum atomic E-state index is 11.9. The summed E-state index contributed by atoms with van der Waals surface area (Å²) < 4.78 is 0. The lowest BCUT2D eigenvalue weighted by Crippen LogP contribution is -2.36. The molecule has 1 aromatic rings. The van der Waals surface area contributed by atoms with Crippen LogP contribution in [0.15, 0.2) is 30.3 Å². The van der Waals surface area contributed by atoms with Crippen LogP contribution >= 0.6 is 24.4 Å². The van der Waals surface area contributed by atoms with Crippen molar-refractivity contribution in [3.63, 3.8) is 0 Å². The summed E-state index contributed by atoms with van der Waals surface area (Å²) in [6, 6.07) is 10.0. The summed E-state index contributed by atoms with van der Waals surface area (Å²) in [5, 5.41) is 2.77. The summed E-state index contributed by atoms with van der Waals surface area (Å²) in [4.78, 5) is 11.9. The Labute approximate surface area is 118 Å². The van der Waals surface area contributed by atoms with Crippen LogP contribution < -0.4 is 5.32 Å². The van der Waals surface area contributed by atoms with E-state index in [1.54, 1.807) is 0 Å². The van der Waals surface area contributed by atoms with Gasteiger partial charge in [-0.05, 0) is 35.8 Å². The first kappa shape index (κ1) is 13.8. The first-order chi connectivity index (χ1) is 8.75. The Hall–Kier alpha value is -0.610. The van der Waals surface area contributed by atoms with Gasteiger partial charge in [-0.2, -0.15) is 24.4 Å². The van der Waals surface area contributed by atoms with Gasteiger partial charge in [0.15, 0.2) is 0 Å². The molecule has 0 bridgehead atoms. The zero-order valence-electron chi connectivity index (χ0n) is 10.3. The predicted molar refractivity (Wildman–Crippen MR) is 81.4 cm³/mol. The van der Waals surface area contributed by atoms with Crippen LogP contribution in [0, 0.1) is 5.92 Å². The standard InChI is InChI=1S/C14H19NOS2/c16-14(15-9-12-6-7-18-10-12)13(17)8-11-4-2-1-3-5-11/h1-5,12-13,17H,6-10H2,(H,15,16). The molecule has 0 radical (unpaired) electrons. The lowest BCUT2D eigenvalue weighted by molar-refractivity contribution is -0.120. The van der Waals surface area contributed by atoms with Gasteiger partial charge in [-0.15, -0.1) is 0 Å². The van der Waals surface area contributed by atoms with Gasteiger partial charge in [0.2, 0.25) is 5.91 Å². The SMILES string of the molecule is O=C(NCC1CCSC1)C(S)Cc1ccccc1. The van der Waals surface area contributed by atoms with Crippen molar-refractivity contribution in [3.8, 4) is 0 Å². The second-order valence-electron chi connectivity index (χ2n) is 4.68. The van der Waals surface area contributed by atoms with Crippen molar-refractivity contribution in [3.05, 3.63) is 35.9 Å². The number of thiol groups is 1. The monoisotopic (exact) mass is 281 g/mol. The van der Waals surface area contributed by atoms with Gasteiger partial charge in [0, 0.05) is 6.54 Å². The minimum Gasteiger partial charge on any atom is -0.355 e. The number of rotatable bonds is 5. The highest BCUT2D eigenvalue weighted by atomic mass is 32.2. The molecule has 1 fully saturated rings. The molecule has 1 aliphatic heterocycles. The molecular weight excluding hydrogens is 262 g/mol. The molecule has 1 heterocycles. The summed E-state index contributed by atoms with van der Waals surface area (Å²) in [5.74, 6) is 3.11. The average molecular weight is 281 g/mol. The Morgan fingerprint density at radius 2 is 2.22 bits per heavy atom. The first-order valence-corrected chi connectivity index (χ1v) is 8.00. The van der Waals surface area contributed by atoms with E-state index in [-0.39, 0.29) is 11.2 Å². The lowest BCUT2D eigenvalue weighted by Gasteiger charge is -2.14. The fourth-order valence-electron chi connectivity index (χ4n) is 2.04. The molecule has 1 aliphatic rings. The molecule has 1 amide bonds. The van der Waals surface area contributed by atoms with Crippen LogP contribution in [0.4, 0.5) is 0 Å². The van der Waals surface area contributed by atoms with Crippen molar-refractivity contribution in [1.29, 1.82) is 0 Å². The number of amides is 1. The van der Waals surface area contributed by atoms with Crippen molar-refractivity contribution in [2.45, 2.75) is 18.1 Å². The van der Waals surface area contributed by atoms with Crippen molar-refractivity contribution in [2.75, 3.05) is 18.1 Å². The van der Waals surface area contributed by atoms with Gasteiger partial charge >= 0.3 is 0 Å². The van der Waals surface area contributed by atoms with Crippen LogP contribution in [-0.2, 0) is 11.2 Å². The van der Waals surface area contributed by atoms with E-state index >= 15 is 0 Å². The third kappa shape index (κ3) is 4.25. The average Bonchev–Trinajstić information content (AvgIpc) is 2.90. The molecule has 2 nitrogen and oxygen atoms in total. The van der Waals surface area contributed by atoms with Crippen LogP contribution in [0.1, 0.15) is 12.0 Å². The van der Waals surface area contributed by atoms with Gasteiger partial charge in [-0.25, -0.2) is 0 Å². The molecule has 0 spiro atoms. The van der Waals surface area contributed by atoms with Crippen molar-refractivity contribution in [2.24, 2.45) is 5.92 Å². The van der Waals surface area contributed by atoms with Crippen LogP contribution in [0.25, 0.3) is 0 Å². The van der Waals surface area contributed by atoms with Crippen molar-refractivity contribution >= 4 is 30.3 Å². The molecular formula is C14H19NOS2. The van der Waals surface area contributed by atoms with E-state index in [9.17, 15) is 4.79 Å². The van der Waals surface area contributed by atoms with Gasteiger partial charge in [0.1, 0.15) is 0 Å². The molecule has 1 aromatic carbocycles. The molecule has 2 unspecified atom stereocenters. The Bertz CT molecular complexity index is 377.